The van der Waals surface area contributed by atoms with E-state index in [1.807, 2.05) is 24.3 Å². The monoisotopic (exact) mass is 705 g/mol. The summed E-state index contributed by atoms with van der Waals surface area (Å²) in [5.41, 5.74) is 2.67. The summed E-state index contributed by atoms with van der Waals surface area (Å²) < 4.78 is 50.6. The molecular weight excluding hydrogens is 662 g/mol. The molecule has 13 heteroatoms. The summed E-state index contributed by atoms with van der Waals surface area (Å²) in [5.74, 6) is 1.53. The minimum Gasteiger partial charge on any atom is -0.502 e. The van der Waals surface area contributed by atoms with Crippen LogP contribution in [-0.2, 0) is 22.5 Å². The highest BCUT2D eigenvalue weighted by atomic mass is 16.5. The minimum absolute atomic E-state index is 0.0803. The van der Waals surface area contributed by atoms with E-state index in [2.05, 4.69) is 4.90 Å². The first kappa shape index (κ1) is 36.7. The van der Waals surface area contributed by atoms with E-state index in [4.69, 9.17) is 42.3 Å². The van der Waals surface area contributed by atoms with Crippen molar-refractivity contribution in [3.63, 3.8) is 0 Å². The number of nitrogens with zero attached hydrogens (tertiary/aromatic N) is 1. The number of methoxy groups -OCH3 is 8. The lowest BCUT2D eigenvalue weighted by atomic mass is 9.87. The van der Waals surface area contributed by atoms with E-state index >= 15 is 0 Å². The zero-order chi connectivity index (χ0) is 36.8. The Morgan fingerprint density at radius 2 is 1.39 bits per heavy atom. The second kappa shape index (κ2) is 16.0. The van der Waals surface area contributed by atoms with Crippen LogP contribution < -0.4 is 38.6 Å². The van der Waals surface area contributed by atoms with Crippen LogP contribution in [0.25, 0.3) is 0 Å². The molecule has 5 rings (SSSR count). The van der Waals surface area contributed by atoms with Gasteiger partial charge in [0.2, 0.25) is 16.9 Å². The van der Waals surface area contributed by atoms with E-state index in [9.17, 15) is 14.7 Å². The molecular formula is C38H43NO12. The Bertz CT molecular complexity index is 1910. The third kappa shape index (κ3) is 7.34. The Balaban J connectivity index is 1.65. The lowest BCUT2D eigenvalue weighted by Crippen LogP contribution is -2.36. The summed E-state index contributed by atoms with van der Waals surface area (Å²) in [7, 11) is 12.1. The lowest BCUT2D eigenvalue weighted by Gasteiger charge is -2.38. The third-order valence-corrected chi connectivity index (χ3v) is 9.06. The maximum absolute atomic E-state index is 13.4. The first-order chi connectivity index (χ1) is 24.6. The molecule has 0 radical (unpaired) electrons. The number of fused-ring (bicyclic) bond motifs is 1. The maximum Gasteiger partial charge on any atom is 0.306 e. The molecule has 1 aliphatic heterocycles. The van der Waals surface area contributed by atoms with E-state index in [1.54, 1.807) is 53.7 Å². The Kier molecular flexibility index (Phi) is 11.5. The van der Waals surface area contributed by atoms with Gasteiger partial charge >= 0.3 is 5.97 Å². The van der Waals surface area contributed by atoms with Crippen LogP contribution in [0.15, 0.2) is 57.7 Å². The standard InChI is InChI=1S/C38H43NO12/c1-43-28-10-9-21(13-29(28)44-2)26(19-34(41)49-7)37-36(42)27(40)17-24(51-37)20-39-12-11-22-14-30(45-3)31(46-4)18-25(22)35(39)23-15-32(47-5)38(50-8)33(16-23)48-6/h9-10,13-18,26,35,42H,11-12,19-20H2,1-8H3/t26-,35-/m1/s1. The molecule has 3 aromatic carbocycles. The fraction of sp³-hybridized carbons (Fsp3) is 0.368. The zero-order valence-electron chi connectivity index (χ0n) is 30.0. The molecule has 2 heterocycles. The summed E-state index contributed by atoms with van der Waals surface area (Å²) in [6.45, 7) is 0.694. The van der Waals surface area contributed by atoms with Gasteiger partial charge in [0.1, 0.15) is 5.76 Å². The van der Waals surface area contributed by atoms with Crippen molar-refractivity contribution in [3.8, 4) is 46.0 Å². The quantitative estimate of drug-likeness (QED) is 0.171. The number of benzene rings is 3. The second-order valence-electron chi connectivity index (χ2n) is 11.7. The minimum atomic E-state index is -0.894. The molecule has 13 nitrogen and oxygen atoms in total. The molecule has 0 bridgehead atoms. The van der Waals surface area contributed by atoms with Gasteiger partial charge < -0.3 is 47.4 Å². The predicted molar refractivity (Wildman–Crippen MR) is 186 cm³/mol. The zero-order valence-corrected chi connectivity index (χ0v) is 30.0. The van der Waals surface area contributed by atoms with Crippen molar-refractivity contribution >= 4 is 5.97 Å². The first-order valence-corrected chi connectivity index (χ1v) is 16.1. The first-order valence-electron chi connectivity index (χ1n) is 16.1. The molecule has 0 saturated carbocycles. The largest absolute Gasteiger partial charge is 0.502 e. The number of carbonyl (C=O) groups is 1. The van der Waals surface area contributed by atoms with Crippen LogP contribution in [0.5, 0.6) is 46.0 Å². The van der Waals surface area contributed by atoms with Crippen molar-refractivity contribution in [2.24, 2.45) is 0 Å². The van der Waals surface area contributed by atoms with Crippen molar-refractivity contribution in [2.75, 3.05) is 63.4 Å². The third-order valence-electron chi connectivity index (χ3n) is 9.06. The van der Waals surface area contributed by atoms with E-state index < -0.39 is 29.1 Å². The molecule has 4 aromatic rings. The normalized spacial score (nSPS) is 14.5. The Hall–Kier alpha value is -5.56. The number of carbonyl (C=O) groups excluding carboxylic acids is 1. The molecule has 0 spiro atoms. The summed E-state index contributed by atoms with van der Waals surface area (Å²) in [4.78, 5) is 28.2. The summed E-state index contributed by atoms with van der Waals surface area (Å²) in [6.07, 6.45) is 0.418. The van der Waals surface area contributed by atoms with Gasteiger partial charge in [0.15, 0.2) is 40.3 Å². The van der Waals surface area contributed by atoms with Gasteiger partial charge in [0.05, 0.1) is 81.8 Å². The molecule has 1 N–H and O–H groups in total. The second-order valence-corrected chi connectivity index (χ2v) is 11.7. The highest BCUT2D eigenvalue weighted by Crippen LogP contribution is 2.46. The lowest BCUT2D eigenvalue weighted by molar-refractivity contribution is -0.140. The Labute approximate surface area is 296 Å². The molecule has 0 unspecified atom stereocenters. The summed E-state index contributed by atoms with van der Waals surface area (Å²) >= 11 is 0. The van der Waals surface area contributed by atoms with Gasteiger partial charge in [-0.15, -0.1) is 0 Å². The molecule has 0 saturated heterocycles. The van der Waals surface area contributed by atoms with E-state index in [0.29, 0.717) is 58.8 Å². The molecule has 1 aromatic heterocycles. The van der Waals surface area contributed by atoms with Crippen LogP contribution in [-0.4, -0.2) is 79.4 Å². The van der Waals surface area contributed by atoms with Crippen LogP contribution >= 0.6 is 0 Å². The van der Waals surface area contributed by atoms with Crippen LogP contribution in [0.3, 0.4) is 0 Å². The van der Waals surface area contributed by atoms with Gasteiger partial charge in [-0.1, -0.05) is 6.07 Å². The number of aromatic hydroxyl groups is 1. The maximum atomic E-state index is 13.4. The molecule has 1 aliphatic rings. The molecule has 0 aliphatic carbocycles. The smallest absolute Gasteiger partial charge is 0.306 e. The van der Waals surface area contributed by atoms with Gasteiger partial charge in [-0.2, -0.15) is 0 Å². The fourth-order valence-corrected chi connectivity index (χ4v) is 6.57. The SMILES string of the molecule is COC(=O)C[C@H](c1ccc(OC)c(OC)c1)c1oc(CN2CCc3cc(OC)c(OC)cc3[C@H]2c2cc(OC)c(OC)c(OC)c2)cc(=O)c1O. The van der Waals surface area contributed by atoms with Gasteiger partial charge in [-0.3, -0.25) is 14.5 Å². The molecule has 2 atom stereocenters. The van der Waals surface area contributed by atoms with Crippen molar-refractivity contribution < 1.29 is 52.2 Å². The van der Waals surface area contributed by atoms with Crippen LogP contribution in [0.1, 0.15) is 52.2 Å². The average molecular weight is 706 g/mol. The van der Waals surface area contributed by atoms with Crippen molar-refractivity contribution in [1.82, 2.24) is 4.90 Å². The van der Waals surface area contributed by atoms with E-state index in [-0.39, 0.29) is 24.5 Å². The van der Waals surface area contributed by atoms with Crippen molar-refractivity contribution in [3.05, 3.63) is 92.5 Å². The average Bonchev–Trinajstić information content (AvgIpc) is 3.16. The molecule has 0 fully saturated rings. The van der Waals surface area contributed by atoms with E-state index in [1.165, 1.54) is 27.4 Å². The Morgan fingerprint density at radius 1 is 0.784 bits per heavy atom. The predicted octanol–water partition coefficient (Wildman–Crippen LogP) is 5.25. The number of rotatable bonds is 14. The van der Waals surface area contributed by atoms with Gasteiger partial charge in [-0.25, -0.2) is 0 Å². The van der Waals surface area contributed by atoms with E-state index in [0.717, 1.165) is 16.7 Å². The number of hydrogen-bond donors (Lipinski definition) is 1. The molecule has 0 amide bonds. The van der Waals surface area contributed by atoms with Crippen molar-refractivity contribution in [2.45, 2.75) is 31.3 Å². The Morgan fingerprint density at radius 3 is 1.98 bits per heavy atom. The summed E-state index contributed by atoms with van der Waals surface area (Å²) in [6, 6.07) is 13.6. The fourth-order valence-electron chi connectivity index (χ4n) is 6.57. The van der Waals surface area contributed by atoms with Crippen molar-refractivity contribution in [1.29, 1.82) is 0 Å². The van der Waals surface area contributed by atoms with Gasteiger partial charge in [0.25, 0.3) is 0 Å². The summed E-state index contributed by atoms with van der Waals surface area (Å²) in [5, 5.41) is 11.1. The van der Waals surface area contributed by atoms with Gasteiger partial charge in [0, 0.05) is 12.6 Å². The van der Waals surface area contributed by atoms with Crippen LogP contribution in [0, 0.1) is 0 Å². The highest BCUT2D eigenvalue weighted by molar-refractivity contribution is 5.71. The highest BCUT2D eigenvalue weighted by Gasteiger charge is 2.34. The number of esters is 1. The molecule has 51 heavy (non-hydrogen) atoms. The number of ether oxygens (including phenoxy) is 8. The van der Waals surface area contributed by atoms with Crippen LogP contribution in [0.4, 0.5) is 0 Å². The number of hydrogen-bond acceptors (Lipinski definition) is 13. The van der Waals surface area contributed by atoms with Gasteiger partial charge in [-0.05, 0) is 65.1 Å². The topological polar surface area (TPSA) is 145 Å². The van der Waals surface area contributed by atoms with Crippen LogP contribution in [0.2, 0.25) is 0 Å². The molecule has 272 valence electrons.